The molecule has 41 heavy (non-hydrogen) atoms. The van der Waals surface area contributed by atoms with Gasteiger partial charge in [0.05, 0.1) is 31.2 Å². The van der Waals surface area contributed by atoms with Gasteiger partial charge >= 0.3 is 13.1 Å². The Morgan fingerprint density at radius 3 is 2.63 bits per heavy atom. The van der Waals surface area contributed by atoms with Crippen molar-refractivity contribution in [1.29, 1.82) is 0 Å². The van der Waals surface area contributed by atoms with Gasteiger partial charge < -0.3 is 24.1 Å². The molecule has 1 aromatic heterocycles. The van der Waals surface area contributed by atoms with Crippen molar-refractivity contribution in [3.8, 4) is 5.75 Å². The number of hydrogen-bond donors (Lipinski definition) is 1. The van der Waals surface area contributed by atoms with Crippen LogP contribution < -0.4 is 10.1 Å². The first-order valence-electron chi connectivity index (χ1n) is 14.3. The number of ether oxygens (including phenoxy) is 2. The van der Waals surface area contributed by atoms with Gasteiger partial charge in [-0.2, -0.15) is 0 Å². The molecule has 1 saturated heterocycles. The molecule has 5 atom stereocenters. The maximum absolute atomic E-state index is 13.3. The average molecular weight is 583 g/mol. The zero-order chi connectivity index (χ0) is 29.7. The van der Waals surface area contributed by atoms with E-state index in [4.69, 9.17) is 30.4 Å². The summed E-state index contributed by atoms with van der Waals surface area (Å²) in [4.78, 5) is 30.4. The highest BCUT2D eigenvalue weighted by atomic mass is 35.5. The molecule has 0 radical (unpaired) electrons. The first-order valence-corrected chi connectivity index (χ1v) is 14.7. The van der Waals surface area contributed by atoms with Crippen molar-refractivity contribution >= 4 is 30.6 Å². The predicted molar refractivity (Wildman–Crippen MR) is 157 cm³/mol. The van der Waals surface area contributed by atoms with Crippen molar-refractivity contribution in [2.75, 3.05) is 7.11 Å². The maximum atomic E-state index is 13.3. The Morgan fingerprint density at radius 1 is 1.22 bits per heavy atom. The number of halogens is 1. The van der Waals surface area contributed by atoms with Crippen molar-refractivity contribution < 1.29 is 28.4 Å². The van der Waals surface area contributed by atoms with Crippen LogP contribution in [0, 0.1) is 17.3 Å². The topological polar surface area (TPSA) is 96.0 Å². The van der Waals surface area contributed by atoms with Crippen LogP contribution in [0.5, 0.6) is 5.75 Å². The number of nitrogens with zero attached hydrogens (tertiary/aromatic N) is 1. The van der Waals surface area contributed by atoms with Crippen molar-refractivity contribution in [1.82, 2.24) is 10.3 Å². The second-order valence-electron chi connectivity index (χ2n) is 13.4. The molecule has 10 heteroatoms. The van der Waals surface area contributed by atoms with Crippen molar-refractivity contribution in [2.45, 2.75) is 90.5 Å². The molecule has 3 aliphatic carbocycles. The Hall–Kier alpha value is -2.62. The van der Waals surface area contributed by atoms with Crippen LogP contribution in [0.2, 0.25) is 5.15 Å². The van der Waals surface area contributed by atoms with E-state index < -0.39 is 30.2 Å². The number of pyridine rings is 1. The fraction of sp³-hybridized carbons (Fsp3) is 0.581. The van der Waals surface area contributed by atoms with Crippen molar-refractivity contribution in [2.24, 2.45) is 17.3 Å². The molecule has 8 nitrogen and oxygen atoms in total. The quantitative estimate of drug-likeness (QED) is 0.258. The van der Waals surface area contributed by atoms with Gasteiger partial charge in [-0.3, -0.25) is 4.79 Å². The van der Waals surface area contributed by atoms with E-state index in [2.05, 4.69) is 31.1 Å². The van der Waals surface area contributed by atoms with Crippen LogP contribution in [-0.2, 0) is 31.7 Å². The molecule has 6 rings (SSSR count). The number of nitrogens with one attached hydrogen (secondary N) is 1. The van der Waals surface area contributed by atoms with E-state index in [0.717, 1.165) is 24.0 Å². The van der Waals surface area contributed by atoms with Crippen LogP contribution in [0.4, 0.5) is 0 Å². The minimum atomic E-state index is -0.667. The van der Waals surface area contributed by atoms with Gasteiger partial charge in [-0.05, 0) is 93.5 Å². The van der Waals surface area contributed by atoms with E-state index in [1.54, 1.807) is 30.5 Å². The van der Waals surface area contributed by atoms with E-state index in [1.807, 2.05) is 26.8 Å². The molecule has 1 aromatic carbocycles. The summed E-state index contributed by atoms with van der Waals surface area (Å²) in [6.07, 6.45) is 4.05. The lowest BCUT2D eigenvalue weighted by molar-refractivity contribution is -0.199. The highest BCUT2D eigenvalue weighted by Crippen LogP contribution is 2.65. The fourth-order valence-corrected chi connectivity index (χ4v) is 7.20. The molecule has 1 aliphatic heterocycles. The Balaban J connectivity index is 1.42. The van der Waals surface area contributed by atoms with Crippen LogP contribution in [-0.4, -0.2) is 54.3 Å². The molecular weight excluding hydrogens is 543 g/mol. The summed E-state index contributed by atoms with van der Waals surface area (Å²) in [6, 6.07) is 8.81. The van der Waals surface area contributed by atoms with E-state index in [1.165, 1.54) is 7.11 Å². The van der Waals surface area contributed by atoms with Gasteiger partial charge in [-0.15, -0.1) is 0 Å². The summed E-state index contributed by atoms with van der Waals surface area (Å²) in [5.41, 5.74) is 0.914. The van der Waals surface area contributed by atoms with Crippen LogP contribution in [0.3, 0.4) is 0 Å². The molecule has 2 heterocycles. The summed E-state index contributed by atoms with van der Waals surface area (Å²) in [6.45, 7) is 12.3. The zero-order valence-corrected chi connectivity index (χ0v) is 25.7. The molecule has 2 bridgehead atoms. The monoisotopic (exact) mass is 582 g/mol. The fourth-order valence-electron chi connectivity index (χ4n) is 7.00. The van der Waals surface area contributed by atoms with E-state index in [0.29, 0.717) is 34.7 Å². The van der Waals surface area contributed by atoms with Crippen molar-refractivity contribution in [3.05, 3.63) is 58.4 Å². The number of aromatic nitrogens is 1. The van der Waals surface area contributed by atoms with Gasteiger partial charge in [0.15, 0.2) is 0 Å². The Morgan fingerprint density at radius 2 is 1.98 bits per heavy atom. The molecule has 3 saturated carbocycles. The zero-order valence-electron chi connectivity index (χ0n) is 25.0. The SMILES string of the molecule is COc1c(CC(NC(=O)Cc2ccnc(Cl)c2)B2OC3CC4CC(C4(C)C)C3(C)O2)cccc1C(=O)OC(C)(C)C. The number of esters is 1. The molecule has 4 aliphatic rings. The second-order valence-corrected chi connectivity index (χ2v) is 13.8. The third-order valence-corrected chi connectivity index (χ3v) is 9.37. The number of carbonyl (C=O) groups excluding carboxylic acids is 2. The highest BCUT2D eigenvalue weighted by molar-refractivity contribution is 6.48. The molecule has 0 spiro atoms. The minimum absolute atomic E-state index is 0.0438. The smallest absolute Gasteiger partial charge is 0.482 e. The molecule has 2 aromatic rings. The number of carbonyl (C=O) groups is 2. The van der Waals surface area contributed by atoms with Crippen LogP contribution in [0.1, 0.15) is 75.9 Å². The average Bonchev–Trinajstić information content (AvgIpc) is 3.24. The van der Waals surface area contributed by atoms with Crippen molar-refractivity contribution in [3.63, 3.8) is 0 Å². The Bertz CT molecular complexity index is 1330. The summed E-state index contributed by atoms with van der Waals surface area (Å²) in [5, 5.41) is 3.50. The van der Waals surface area contributed by atoms with Gasteiger partial charge in [0.1, 0.15) is 22.1 Å². The molecular formula is C31H40BClN2O6. The highest BCUT2D eigenvalue weighted by Gasteiger charge is 2.68. The predicted octanol–water partition coefficient (Wildman–Crippen LogP) is 5.24. The van der Waals surface area contributed by atoms with Gasteiger partial charge in [0.25, 0.3) is 0 Å². The molecule has 5 unspecified atom stereocenters. The third-order valence-electron chi connectivity index (χ3n) is 9.16. The normalized spacial score (nSPS) is 26.9. The first-order chi connectivity index (χ1) is 19.2. The number of para-hydroxylation sites is 1. The second kappa shape index (κ2) is 10.9. The minimum Gasteiger partial charge on any atom is -0.496 e. The van der Waals surface area contributed by atoms with Crippen LogP contribution >= 0.6 is 11.6 Å². The van der Waals surface area contributed by atoms with Gasteiger partial charge in [0.2, 0.25) is 5.91 Å². The Kier molecular flexibility index (Phi) is 7.94. The van der Waals surface area contributed by atoms with Gasteiger partial charge in [0, 0.05) is 6.20 Å². The lowest BCUT2D eigenvalue weighted by Gasteiger charge is -2.64. The van der Waals surface area contributed by atoms with Crippen LogP contribution in [0.25, 0.3) is 0 Å². The molecule has 1 N–H and O–H groups in total. The molecule has 4 fully saturated rings. The molecule has 1 amide bonds. The van der Waals surface area contributed by atoms with E-state index >= 15 is 0 Å². The standard InChI is InChI=1S/C31H40BClN2O6/c1-29(2,3)39-28(37)21-10-8-9-19(27(21)38-7)15-24(35-26(36)14-18-11-12-34-25(33)13-18)32-40-23-17-20-16-22(30(20,4)5)31(23,6)41-32/h8-13,20,22-24H,14-17H2,1-7H3,(H,35,36). The van der Waals surface area contributed by atoms with Crippen LogP contribution in [0.15, 0.2) is 36.5 Å². The maximum Gasteiger partial charge on any atom is 0.482 e. The number of rotatable bonds is 8. The summed E-state index contributed by atoms with van der Waals surface area (Å²) in [5.74, 6) is 0.181. The molecule has 220 valence electrons. The lowest BCUT2D eigenvalue weighted by Crippen LogP contribution is -2.65. The first kappa shape index (κ1) is 29.9. The number of methoxy groups -OCH3 is 1. The summed E-state index contributed by atoms with van der Waals surface area (Å²) < 4.78 is 24.7. The van der Waals surface area contributed by atoms with Gasteiger partial charge in [-0.1, -0.05) is 37.6 Å². The largest absolute Gasteiger partial charge is 0.496 e. The summed E-state index contributed by atoms with van der Waals surface area (Å²) >= 11 is 6.05. The Labute approximate surface area is 248 Å². The summed E-state index contributed by atoms with van der Waals surface area (Å²) in [7, 11) is 0.862. The number of hydrogen-bond acceptors (Lipinski definition) is 7. The van der Waals surface area contributed by atoms with Gasteiger partial charge in [-0.25, -0.2) is 9.78 Å². The number of amides is 1. The third kappa shape index (κ3) is 5.86. The lowest BCUT2D eigenvalue weighted by atomic mass is 9.43. The number of benzene rings is 1. The van der Waals surface area contributed by atoms with E-state index in [-0.39, 0.29) is 23.8 Å². The van der Waals surface area contributed by atoms with E-state index in [9.17, 15) is 9.59 Å².